The first kappa shape index (κ1) is 12.4. The molecule has 0 radical (unpaired) electrons. The molecule has 0 saturated heterocycles. The summed E-state index contributed by atoms with van der Waals surface area (Å²) >= 11 is 0. The van der Waals surface area contributed by atoms with Crippen molar-refractivity contribution in [3.8, 4) is 0 Å². The van der Waals surface area contributed by atoms with Crippen molar-refractivity contribution in [3.05, 3.63) is 0 Å². The second-order valence-corrected chi connectivity index (χ2v) is 3.77. The Morgan fingerprint density at radius 3 is 2.46 bits per heavy atom. The molecule has 0 aliphatic heterocycles. The third kappa shape index (κ3) is 7.78. The van der Waals surface area contributed by atoms with E-state index in [1.165, 1.54) is 0 Å². The van der Waals surface area contributed by atoms with Gasteiger partial charge < -0.3 is 11.1 Å². The van der Waals surface area contributed by atoms with Crippen LogP contribution in [0.2, 0.25) is 0 Å². The molecule has 3 heteroatoms. The third-order valence-electron chi connectivity index (χ3n) is 1.96. The Labute approximate surface area is 81.1 Å². The molecule has 3 N–H and O–H groups in total. The lowest BCUT2D eigenvalue weighted by atomic mass is 10.1. The summed E-state index contributed by atoms with van der Waals surface area (Å²) < 4.78 is 0. The molecule has 0 heterocycles. The van der Waals surface area contributed by atoms with E-state index in [4.69, 9.17) is 5.73 Å². The molecule has 0 aliphatic carbocycles. The van der Waals surface area contributed by atoms with E-state index < -0.39 is 0 Å². The topological polar surface area (TPSA) is 55.1 Å². The molecule has 0 bridgehead atoms. The maximum absolute atomic E-state index is 11.3. The van der Waals surface area contributed by atoms with E-state index in [0.717, 1.165) is 19.3 Å². The molecule has 3 nitrogen and oxygen atoms in total. The standard InChI is InChI=1S/C10H22N2O/c1-4-5-9(3)12-10(13)7-6-8(2)11/h8-9H,4-7,11H2,1-3H3,(H,12,13). The van der Waals surface area contributed by atoms with Crippen molar-refractivity contribution < 1.29 is 4.79 Å². The smallest absolute Gasteiger partial charge is 0.220 e. The van der Waals surface area contributed by atoms with E-state index in [9.17, 15) is 4.79 Å². The highest BCUT2D eigenvalue weighted by Crippen LogP contribution is 1.98. The monoisotopic (exact) mass is 186 g/mol. The SMILES string of the molecule is CCCC(C)NC(=O)CCC(C)N. The van der Waals surface area contributed by atoms with Crippen molar-refractivity contribution >= 4 is 5.91 Å². The van der Waals surface area contributed by atoms with E-state index >= 15 is 0 Å². The minimum absolute atomic E-state index is 0.118. The quantitative estimate of drug-likeness (QED) is 0.659. The molecule has 2 unspecified atom stereocenters. The molecular formula is C10H22N2O. The molecule has 1 amide bonds. The van der Waals surface area contributed by atoms with Gasteiger partial charge in [0.1, 0.15) is 0 Å². The van der Waals surface area contributed by atoms with Crippen molar-refractivity contribution in [2.75, 3.05) is 0 Å². The summed E-state index contributed by atoms with van der Waals surface area (Å²) in [4.78, 5) is 11.3. The normalized spacial score (nSPS) is 15.1. The average molecular weight is 186 g/mol. The van der Waals surface area contributed by atoms with Crippen molar-refractivity contribution in [1.29, 1.82) is 0 Å². The maximum Gasteiger partial charge on any atom is 0.220 e. The zero-order valence-corrected chi connectivity index (χ0v) is 8.97. The molecule has 13 heavy (non-hydrogen) atoms. The van der Waals surface area contributed by atoms with E-state index in [1.807, 2.05) is 13.8 Å². The van der Waals surface area contributed by atoms with Crippen molar-refractivity contribution in [2.45, 2.75) is 58.5 Å². The highest BCUT2D eigenvalue weighted by Gasteiger charge is 2.06. The van der Waals surface area contributed by atoms with Gasteiger partial charge in [0.15, 0.2) is 0 Å². The Morgan fingerprint density at radius 2 is 2.00 bits per heavy atom. The zero-order chi connectivity index (χ0) is 10.3. The summed E-state index contributed by atoms with van der Waals surface area (Å²) in [6, 6.07) is 0.415. The Kier molecular flexibility index (Phi) is 6.59. The van der Waals surface area contributed by atoms with Crippen LogP contribution in [0.25, 0.3) is 0 Å². The van der Waals surface area contributed by atoms with Crippen LogP contribution in [0, 0.1) is 0 Å². The van der Waals surface area contributed by atoms with E-state index in [0.29, 0.717) is 12.5 Å². The van der Waals surface area contributed by atoms with E-state index in [-0.39, 0.29) is 11.9 Å². The molecule has 2 atom stereocenters. The largest absolute Gasteiger partial charge is 0.354 e. The lowest BCUT2D eigenvalue weighted by Crippen LogP contribution is -2.33. The van der Waals surface area contributed by atoms with Gasteiger partial charge in [-0.15, -0.1) is 0 Å². The Morgan fingerprint density at radius 1 is 1.38 bits per heavy atom. The third-order valence-corrected chi connectivity index (χ3v) is 1.96. The Balaban J connectivity index is 3.50. The summed E-state index contributed by atoms with van der Waals surface area (Å²) in [6.45, 7) is 6.07. The highest BCUT2D eigenvalue weighted by atomic mass is 16.1. The molecule has 0 aliphatic rings. The number of amides is 1. The molecule has 0 spiro atoms. The van der Waals surface area contributed by atoms with Crippen LogP contribution >= 0.6 is 0 Å². The maximum atomic E-state index is 11.3. The molecule has 0 aromatic carbocycles. The second-order valence-electron chi connectivity index (χ2n) is 3.77. The van der Waals surface area contributed by atoms with Crippen LogP contribution in [0.4, 0.5) is 0 Å². The average Bonchev–Trinajstić information content (AvgIpc) is 2.01. The lowest BCUT2D eigenvalue weighted by Gasteiger charge is -2.13. The second kappa shape index (κ2) is 6.89. The van der Waals surface area contributed by atoms with Gasteiger partial charge in [0.25, 0.3) is 0 Å². The summed E-state index contributed by atoms with van der Waals surface area (Å²) in [6.07, 6.45) is 3.47. The minimum atomic E-state index is 0.118. The van der Waals surface area contributed by atoms with Gasteiger partial charge in [-0.05, 0) is 26.7 Å². The first-order valence-corrected chi connectivity index (χ1v) is 5.11. The van der Waals surface area contributed by atoms with Crippen LogP contribution in [0.1, 0.15) is 46.5 Å². The van der Waals surface area contributed by atoms with Crippen molar-refractivity contribution in [1.82, 2.24) is 5.32 Å². The van der Waals surface area contributed by atoms with Gasteiger partial charge in [-0.3, -0.25) is 4.79 Å². The number of nitrogens with one attached hydrogen (secondary N) is 1. The van der Waals surface area contributed by atoms with Crippen LogP contribution in [0.5, 0.6) is 0 Å². The van der Waals surface area contributed by atoms with Crippen LogP contribution in [-0.2, 0) is 4.79 Å². The summed E-state index contributed by atoms with van der Waals surface area (Å²) in [7, 11) is 0. The Hall–Kier alpha value is -0.570. The van der Waals surface area contributed by atoms with E-state index in [2.05, 4.69) is 12.2 Å². The van der Waals surface area contributed by atoms with Crippen LogP contribution in [0.3, 0.4) is 0 Å². The minimum Gasteiger partial charge on any atom is -0.354 e. The predicted molar refractivity (Wildman–Crippen MR) is 55.4 cm³/mol. The molecular weight excluding hydrogens is 164 g/mol. The van der Waals surface area contributed by atoms with Gasteiger partial charge >= 0.3 is 0 Å². The van der Waals surface area contributed by atoms with E-state index in [1.54, 1.807) is 0 Å². The molecule has 0 saturated carbocycles. The number of nitrogens with two attached hydrogens (primary N) is 1. The fourth-order valence-electron chi connectivity index (χ4n) is 1.21. The number of hydrogen-bond acceptors (Lipinski definition) is 2. The molecule has 78 valence electrons. The van der Waals surface area contributed by atoms with Gasteiger partial charge in [-0.25, -0.2) is 0 Å². The predicted octanol–water partition coefficient (Wildman–Crippen LogP) is 1.42. The lowest BCUT2D eigenvalue weighted by molar-refractivity contribution is -0.121. The zero-order valence-electron chi connectivity index (χ0n) is 8.97. The highest BCUT2D eigenvalue weighted by molar-refractivity contribution is 5.76. The number of carbonyl (C=O) groups excluding carboxylic acids is 1. The summed E-state index contributed by atoms with van der Waals surface area (Å²) in [5.74, 6) is 0.123. The fraction of sp³-hybridized carbons (Fsp3) is 0.900. The first-order valence-electron chi connectivity index (χ1n) is 5.11. The van der Waals surface area contributed by atoms with Gasteiger partial charge in [0.2, 0.25) is 5.91 Å². The Bertz CT molecular complexity index is 146. The van der Waals surface area contributed by atoms with Gasteiger partial charge in [0, 0.05) is 18.5 Å². The van der Waals surface area contributed by atoms with Crippen LogP contribution in [-0.4, -0.2) is 18.0 Å². The van der Waals surface area contributed by atoms with Crippen molar-refractivity contribution in [3.63, 3.8) is 0 Å². The van der Waals surface area contributed by atoms with Crippen molar-refractivity contribution in [2.24, 2.45) is 5.73 Å². The molecule has 0 fully saturated rings. The van der Waals surface area contributed by atoms with Crippen LogP contribution < -0.4 is 11.1 Å². The van der Waals surface area contributed by atoms with Gasteiger partial charge in [-0.1, -0.05) is 13.3 Å². The fourth-order valence-corrected chi connectivity index (χ4v) is 1.21. The molecule has 0 aromatic heterocycles. The number of hydrogen-bond donors (Lipinski definition) is 2. The van der Waals surface area contributed by atoms with Gasteiger partial charge in [0.05, 0.1) is 0 Å². The number of carbonyl (C=O) groups is 1. The summed E-state index contributed by atoms with van der Waals surface area (Å²) in [5.41, 5.74) is 5.55. The van der Waals surface area contributed by atoms with Crippen LogP contribution in [0.15, 0.2) is 0 Å². The first-order chi connectivity index (χ1) is 6.06. The molecule has 0 aromatic rings. The van der Waals surface area contributed by atoms with Gasteiger partial charge in [-0.2, -0.15) is 0 Å². The summed E-state index contributed by atoms with van der Waals surface area (Å²) in [5, 5.41) is 2.94. The molecule has 0 rings (SSSR count). The number of rotatable bonds is 6.